The number of aliphatic hydroxyl groups excluding tert-OH is 5. The summed E-state index contributed by atoms with van der Waals surface area (Å²) in [6.45, 7) is -1.04. The van der Waals surface area contributed by atoms with Crippen molar-refractivity contribution >= 4 is 12.0 Å². The Balaban J connectivity index is 1.29. The van der Waals surface area contributed by atoms with Crippen LogP contribution in [0.3, 0.4) is 0 Å². The predicted octanol–water partition coefficient (Wildman–Crippen LogP) is -1.31. The fraction of sp³-hybridized carbons (Fsp3) is 0.577. The summed E-state index contributed by atoms with van der Waals surface area (Å²) in [5, 5.41) is 50.2. The van der Waals surface area contributed by atoms with E-state index in [4.69, 9.17) is 33.2 Å². The van der Waals surface area contributed by atoms with Crippen LogP contribution in [0.5, 0.6) is 11.5 Å². The molecule has 3 heterocycles. The number of methoxy groups -OCH3 is 2. The average molecular weight is 553 g/mol. The first kappa shape index (κ1) is 27.8. The molecule has 3 fully saturated rings. The van der Waals surface area contributed by atoms with Crippen LogP contribution in [0, 0.1) is 11.8 Å². The zero-order valence-electron chi connectivity index (χ0n) is 21.2. The van der Waals surface area contributed by atoms with Gasteiger partial charge in [-0.25, -0.2) is 4.79 Å². The minimum atomic E-state index is -1.64. The van der Waals surface area contributed by atoms with Crippen LogP contribution in [0.2, 0.25) is 0 Å². The highest BCUT2D eigenvalue weighted by atomic mass is 16.8. The highest BCUT2D eigenvalue weighted by Crippen LogP contribution is 2.60. The van der Waals surface area contributed by atoms with Crippen molar-refractivity contribution in [1.29, 1.82) is 0 Å². The summed E-state index contributed by atoms with van der Waals surface area (Å²) in [5.41, 5.74) is -0.452. The number of carbonyl (C=O) groups excluding carboxylic acids is 1. The van der Waals surface area contributed by atoms with Crippen LogP contribution in [0.15, 0.2) is 36.6 Å². The van der Waals surface area contributed by atoms with Gasteiger partial charge < -0.3 is 58.7 Å². The van der Waals surface area contributed by atoms with Gasteiger partial charge in [0.2, 0.25) is 6.29 Å². The molecule has 39 heavy (non-hydrogen) atoms. The average Bonchev–Trinajstić information content (AvgIpc) is 3.63. The molecule has 1 saturated carbocycles. The molecule has 0 spiro atoms. The maximum atomic E-state index is 12.8. The van der Waals surface area contributed by atoms with Crippen LogP contribution < -0.4 is 9.47 Å². The van der Waals surface area contributed by atoms with E-state index >= 15 is 0 Å². The molecule has 214 valence electrons. The number of ether oxygens (including phenoxy) is 7. The van der Waals surface area contributed by atoms with Crippen molar-refractivity contribution in [1.82, 2.24) is 0 Å². The first-order valence-electron chi connectivity index (χ1n) is 12.5. The number of fused-ring (bicyclic) bond motifs is 3. The Morgan fingerprint density at radius 2 is 1.82 bits per heavy atom. The molecule has 13 heteroatoms. The molecule has 2 saturated heterocycles. The fourth-order valence-electron chi connectivity index (χ4n) is 5.58. The van der Waals surface area contributed by atoms with E-state index in [0.29, 0.717) is 17.1 Å². The van der Waals surface area contributed by atoms with Crippen molar-refractivity contribution in [2.75, 3.05) is 27.4 Å². The molecule has 0 aromatic heterocycles. The highest BCUT2D eigenvalue weighted by molar-refractivity contribution is 5.87. The maximum Gasteiger partial charge on any atom is 0.331 e. The monoisotopic (exact) mass is 552 g/mol. The number of aliphatic hydroxyl groups is 5. The number of hydrogen-bond acceptors (Lipinski definition) is 13. The van der Waals surface area contributed by atoms with Gasteiger partial charge in [-0.2, -0.15) is 0 Å². The van der Waals surface area contributed by atoms with E-state index in [-0.39, 0.29) is 0 Å². The fourth-order valence-corrected chi connectivity index (χ4v) is 5.58. The molecule has 3 aliphatic heterocycles. The largest absolute Gasteiger partial charge is 0.493 e. The third-order valence-electron chi connectivity index (χ3n) is 7.67. The summed E-state index contributed by atoms with van der Waals surface area (Å²) < 4.78 is 39.0. The Kier molecular flexibility index (Phi) is 7.86. The minimum Gasteiger partial charge on any atom is -0.493 e. The summed E-state index contributed by atoms with van der Waals surface area (Å²) >= 11 is 0. The van der Waals surface area contributed by atoms with Gasteiger partial charge in [0.15, 0.2) is 17.8 Å². The van der Waals surface area contributed by atoms with Gasteiger partial charge >= 0.3 is 5.97 Å². The molecule has 0 radical (unpaired) electrons. The van der Waals surface area contributed by atoms with Gasteiger partial charge in [-0.1, -0.05) is 6.07 Å². The molecular weight excluding hydrogens is 520 g/mol. The second-order valence-electron chi connectivity index (χ2n) is 9.77. The van der Waals surface area contributed by atoms with Crippen LogP contribution in [0.1, 0.15) is 5.56 Å². The standard InChI is InChI=1S/C26H32O13/c1-33-14-5-3-12(9-15(14)34-2)4-6-17(29)37-22-13-7-8-35-24(18(13)26(11-28)23(22)39-26)38-25-21(32)20(31)19(30)16(10-27)36-25/h3-9,13,16,18-25,27-28,30-32H,10-11H2,1-2H3/b6-4+. The van der Waals surface area contributed by atoms with Gasteiger partial charge in [0.05, 0.1) is 39.6 Å². The molecule has 13 nitrogen and oxygen atoms in total. The lowest BCUT2D eigenvalue weighted by atomic mass is 9.85. The normalized spacial score (nSPS) is 40.5. The molecule has 5 N–H and O–H groups in total. The van der Waals surface area contributed by atoms with E-state index in [0.717, 1.165) is 0 Å². The lowest BCUT2D eigenvalue weighted by molar-refractivity contribution is -0.344. The van der Waals surface area contributed by atoms with Crippen molar-refractivity contribution in [2.24, 2.45) is 11.8 Å². The van der Waals surface area contributed by atoms with Gasteiger partial charge in [0.1, 0.15) is 42.2 Å². The van der Waals surface area contributed by atoms with E-state index in [9.17, 15) is 30.3 Å². The Morgan fingerprint density at radius 1 is 1.05 bits per heavy atom. The van der Waals surface area contributed by atoms with Crippen LogP contribution >= 0.6 is 0 Å². The zero-order chi connectivity index (χ0) is 27.9. The summed E-state index contributed by atoms with van der Waals surface area (Å²) in [6, 6.07) is 5.17. The van der Waals surface area contributed by atoms with E-state index in [1.54, 1.807) is 30.4 Å². The Bertz CT molecular complexity index is 1110. The van der Waals surface area contributed by atoms with E-state index in [2.05, 4.69) is 0 Å². The van der Waals surface area contributed by atoms with Gasteiger partial charge in [-0.3, -0.25) is 0 Å². The quantitative estimate of drug-likeness (QED) is 0.138. The topological polar surface area (TPSA) is 186 Å². The predicted molar refractivity (Wildman–Crippen MR) is 129 cm³/mol. The number of hydrogen-bond donors (Lipinski definition) is 5. The van der Waals surface area contributed by atoms with E-state index in [1.165, 1.54) is 26.6 Å². The second kappa shape index (κ2) is 11.0. The van der Waals surface area contributed by atoms with Crippen molar-refractivity contribution in [3.8, 4) is 11.5 Å². The number of epoxide rings is 1. The smallest absolute Gasteiger partial charge is 0.331 e. The molecule has 4 aliphatic rings. The zero-order valence-corrected chi connectivity index (χ0v) is 21.2. The molecule has 0 bridgehead atoms. The van der Waals surface area contributed by atoms with Crippen LogP contribution in [-0.4, -0.2) is 114 Å². The van der Waals surface area contributed by atoms with Crippen molar-refractivity contribution in [3.05, 3.63) is 42.2 Å². The number of carbonyl (C=O) groups is 1. The number of esters is 1. The van der Waals surface area contributed by atoms with Crippen molar-refractivity contribution in [2.45, 2.75) is 54.8 Å². The SMILES string of the molecule is COc1ccc(/C=C/C(=O)OC2C3C=COC(OC4OC(CO)C(O)C(O)C4O)C3C3(CO)OC23)cc1OC. The molecule has 1 aliphatic carbocycles. The van der Waals surface area contributed by atoms with Gasteiger partial charge in [0.25, 0.3) is 0 Å². The first-order chi connectivity index (χ1) is 18.8. The lowest BCUT2D eigenvalue weighted by Crippen LogP contribution is -2.60. The van der Waals surface area contributed by atoms with E-state index in [1.807, 2.05) is 0 Å². The third kappa shape index (κ3) is 4.89. The van der Waals surface area contributed by atoms with Gasteiger partial charge in [-0.05, 0) is 29.8 Å². The molecule has 1 aromatic carbocycles. The molecule has 5 rings (SSSR count). The molecular formula is C26H32O13. The molecule has 11 atom stereocenters. The Hall–Kier alpha value is -2.75. The van der Waals surface area contributed by atoms with E-state index < -0.39 is 85.8 Å². The lowest BCUT2D eigenvalue weighted by Gasteiger charge is -2.43. The Morgan fingerprint density at radius 3 is 2.51 bits per heavy atom. The van der Waals surface area contributed by atoms with Crippen LogP contribution in [-0.2, 0) is 28.5 Å². The maximum absolute atomic E-state index is 12.8. The number of benzene rings is 1. The highest BCUT2D eigenvalue weighted by Gasteiger charge is 2.77. The second-order valence-corrected chi connectivity index (χ2v) is 9.77. The first-order valence-corrected chi connectivity index (χ1v) is 12.5. The van der Waals surface area contributed by atoms with Crippen molar-refractivity contribution < 1.29 is 63.5 Å². The van der Waals surface area contributed by atoms with Gasteiger partial charge in [0, 0.05) is 12.0 Å². The molecule has 0 amide bonds. The summed E-state index contributed by atoms with van der Waals surface area (Å²) in [7, 11) is 3.03. The van der Waals surface area contributed by atoms with Crippen molar-refractivity contribution in [3.63, 3.8) is 0 Å². The summed E-state index contributed by atoms with van der Waals surface area (Å²) in [4.78, 5) is 12.8. The minimum absolute atomic E-state index is 0.417. The van der Waals surface area contributed by atoms with Gasteiger partial charge in [-0.15, -0.1) is 0 Å². The molecule has 1 aromatic rings. The Labute approximate surface area is 223 Å². The summed E-state index contributed by atoms with van der Waals surface area (Å²) in [5.74, 6) is -0.727. The van der Waals surface area contributed by atoms with Crippen LogP contribution in [0.25, 0.3) is 6.08 Å². The summed E-state index contributed by atoms with van der Waals surface area (Å²) in [6.07, 6.45) is -4.14. The number of rotatable bonds is 9. The molecule has 11 unspecified atom stereocenters. The van der Waals surface area contributed by atoms with Crippen LogP contribution in [0.4, 0.5) is 0 Å². The third-order valence-corrected chi connectivity index (χ3v) is 7.67.